The van der Waals surface area contributed by atoms with Crippen molar-refractivity contribution < 1.29 is 4.52 Å². The Morgan fingerprint density at radius 3 is 3.00 bits per heavy atom. The smallest absolute Gasteiger partial charge is 0.226 e. The van der Waals surface area contributed by atoms with Gasteiger partial charge in [0.15, 0.2) is 5.82 Å². The third-order valence-electron chi connectivity index (χ3n) is 4.56. The van der Waals surface area contributed by atoms with E-state index in [0.29, 0.717) is 11.8 Å². The standard InChI is InChI=1S/C14H23N3O/c1-9(11-4-3-5-15-8-11)7-13-16-14(17-18-13)12-6-10(12)2/h9-12,15H,3-8H2,1-2H3. The van der Waals surface area contributed by atoms with Crippen LogP contribution in [0.15, 0.2) is 4.52 Å². The number of rotatable bonds is 4. The molecule has 0 bridgehead atoms. The third kappa shape index (κ3) is 2.58. The molecule has 18 heavy (non-hydrogen) atoms. The molecule has 0 aromatic carbocycles. The largest absolute Gasteiger partial charge is 0.339 e. The van der Waals surface area contributed by atoms with Crippen molar-refractivity contribution in [1.82, 2.24) is 15.5 Å². The van der Waals surface area contributed by atoms with E-state index in [1.807, 2.05) is 0 Å². The molecule has 2 aliphatic rings. The normalized spacial score (nSPS) is 33.3. The predicted octanol–water partition coefficient (Wildman–Crippen LogP) is 2.37. The van der Waals surface area contributed by atoms with Gasteiger partial charge < -0.3 is 9.84 Å². The first-order valence-electron chi connectivity index (χ1n) is 7.27. The van der Waals surface area contributed by atoms with Gasteiger partial charge in [-0.3, -0.25) is 0 Å². The van der Waals surface area contributed by atoms with Crippen LogP contribution in [-0.4, -0.2) is 23.2 Å². The average molecular weight is 249 g/mol. The molecule has 4 nitrogen and oxygen atoms in total. The molecule has 0 spiro atoms. The summed E-state index contributed by atoms with van der Waals surface area (Å²) < 4.78 is 5.39. The third-order valence-corrected chi connectivity index (χ3v) is 4.56. The van der Waals surface area contributed by atoms with E-state index in [9.17, 15) is 0 Å². The van der Waals surface area contributed by atoms with E-state index in [0.717, 1.165) is 36.5 Å². The van der Waals surface area contributed by atoms with Gasteiger partial charge in [0.2, 0.25) is 5.89 Å². The van der Waals surface area contributed by atoms with E-state index in [2.05, 4.69) is 29.3 Å². The Hall–Kier alpha value is -0.900. The molecule has 1 N–H and O–H groups in total. The molecule has 0 radical (unpaired) electrons. The summed E-state index contributed by atoms with van der Waals surface area (Å²) in [4.78, 5) is 4.56. The summed E-state index contributed by atoms with van der Waals surface area (Å²) in [5.41, 5.74) is 0. The van der Waals surface area contributed by atoms with Crippen molar-refractivity contribution in [3.8, 4) is 0 Å². The molecule has 4 atom stereocenters. The van der Waals surface area contributed by atoms with Crippen LogP contribution in [0, 0.1) is 17.8 Å². The molecule has 1 aromatic heterocycles. The van der Waals surface area contributed by atoms with E-state index in [4.69, 9.17) is 4.52 Å². The average Bonchev–Trinajstić information content (AvgIpc) is 2.94. The van der Waals surface area contributed by atoms with Crippen LogP contribution in [-0.2, 0) is 6.42 Å². The summed E-state index contributed by atoms with van der Waals surface area (Å²) >= 11 is 0. The Labute approximate surface area is 109 Å². The van der Waals surface area contributed by atoms with Crippen molar-refractivity contribution in [1.29, 1.82) is 0 Å². The highest BCUT2D eigenvalue weighted by atomic mass is 16.5. The molecule has 1 aliphatic carbocycles. The summed E-state index contributed by atoms with van der Waals surface area (Å²) in [5, 5.41) is 7.60. The van der Waals surface area contributed by atoms with Gasteiger partial charge in [-0.1, -0.05) is 19.0 Å². The minimum Gasteiger partial charge on any atom is -0.339 e. The number of nitrogens with one attached hydrogen (secondary N) is 1. The van der Waals surface area contributed by atoms with Gasteiger partial charge in [0.1, 0.15) is 0 Å². The van der Waals surface area contributed by atoms with E-state index in [1.54, 1.807) is 0 Å². The Kier molecular flexibility index (Phi) is 3.37. The summed E-state index contributed by atoms with van der Waals surface area (Å²) in [5.74, 6) is 4.47. The van der Waals surface area contributed by atoms with Gasteiger partial charge in [-0.15, -0.1) is 0 Å². The van der Waals surface area contributed by atoms with Crippen molar-refractivity contribution in [3.63, 3.8) is 0 Å². The summed E-state index contributed by atoms with van der Waals surface area (Å²) in [6.07, 6.45) is 4.78. The van der Waals surface area contributed by atoms with Crippen LogP contribution in [0.1, 0.15) is 50.7 Å². The van der Waals surface area contributed by atoms with Crippen LogP contribution in [0.3, 0.4) is 0 Å². The van der Waals surface area contributed by atoms with Crippen molar-refractivity contribution in [2.24, 2.45) is 17.8 Å². The second kappa shape index (κ2) is 5.00. The van der Waals surface area contributed by atoms with Gasteiger partial charge >= 0.3 is 0 Å². The molecule has 4 heteroatoms. The minimum atomic E-state index is 0.564. The number of piperidine rings is 1. The summed E-state index contributed by atoms with van der Waals surface area (Å²) in [6.45, 7) is 6.87. The molecule has 100 valence electrons. The lowest BCUT2D eigenvalue weighted by atomic mass is 9.85. The molecule has 3 rings (SSSR count). The maximum absolute atomic E-state index is 5.39. The highest BCUT2D eigenvalue weighted by Gasteiger charge is 2.38. The number of aromatic nitrogens is 2. The van der Waals surface area contributed by atoms with E-state index < -0.39 is 0 Å². The van der Waals surface area contributed by atoms with E-state index in [1.165, 1.54) is 25.8 Å². The molecule has 0 amide bonds. The molecule has 1 aromatic rings. The van der Waals surface area contributed by atoms with Crippen LogP contribution in [0.25, 0.3) is 0 Å². The molecule has 2 fully saturated rings. The van der Waals surface area contributed by atoms with Crippen molar-refractivity contribution in [2.45, 2.75) is 45.4 Å². The molecule has 1 saturated heterocycles. The van der Waals surface area contributed by atoms with Gasteiger partial charge in [0.25, 0.3) is 0 Å². The van der Waals surface area contributed by atoms with Gasteiger partial charge in [-0.2, -0.15) is 4.98 Å². The fourth-order valence-corrected chi connectivity index (χ4v) is 2.99. The van der Waals surface area contributed by atoms with Crippen molar-refractivity contribution in [2.75, 3.05) is 13.1 Å². The lowest BCUT2D eigenvalue weighted by Crippen LogP contribution is -2.33. The maximum atomic E-state index is 5.39. The Morgan fingerprint density at radius 1 is 1.50 bits per heavy atom. The van der Waals surface area contributed by atoms with E-state index >= 15 is 0 Å². The second-order valence-electron chi connectivity index (χ2n) is 6.15. The maximum Gasteiger partial charge on any atom is 0.226 e. The van der Waals surface area contributed by atoms with Crippen LogP contribution >= 0.6 is 0 Å². The predicted molar refractivity (Wildman–Crippen MR) is 69.3 cm³/mol. The number of hydrogen-bond donors (Lipinski definition) is 1. The molecule has 1 aliphatic heterocycles. The minimum absolute atomic E-state index is 0.564. The van der Waals surface area contributed by atoms with Crippen LogP contribution in [0.4, 0.5) is 0 Å². The first-order chi connectivity index (χ1) is 8.74. The van der Waals surface area contributed by atoms with Gasteiger partial charge in [-0.05, 0) is 50.1 Å². The fraction of sp³-hybridized carbons (Fsp3) is 0.857. The fourth-order valence-electron chi connectivity index (χ4n) is 2.99. The second-order valence-corrected chi connectivity index (χ2v) is 6.15. The summed E-state index contributed by atoms with van der Waals surface area (Å²) in [6, 6.07) is 0. The van der Waals surface area contributed by atoms with Crippen LogP contribution < -0.4 is 5.32 Å². The number of nitrogens with zero attached hydrogens (tertiary/aromatic N) is 2. The van der Waals surface area contributed by atoms with Crippen molar-refractivity contribution >= 4 is 0 Å². The molecule has 1 saturated carbocycles. The molecular formula is C14H23N3O. The van der Waals surface area contributed by atoms with Crippen LogP contribution in [0.5, 0.6) is 0 Å². The van der Waals surface area contributed by atoms with Gasteiger partial charge in [0, 0.05) is 12.3 Å². The topological polar surface area (TPSA) is 51.0 Å². The Morgan fingerprint density at radius 2 is 2.33 bits per heavy atom. The first-order valence-corrected chi connectivity index (χ1v) is 7.27. The SMILES string of the molecule is CC(Cc1nc(C2CC2C)no1)C1CCCNC1. The zero-order valence-corrected chi connectivity index (χ0v) is 11.4. The highest BCUT2D eigenvalue weighted by Crippen LogP contribution is 2.45. The molecular weight excluding hydrogens is 226 g/mol. The summed E-state index contributed by atoms with van der Waals surface area (Å²) in [7, 11) is 0. The molecule has 2 heterocycles. The van der Waals surface area contributed by atoms with Gasteiger partial charge in [-0.25, -0.2) is 0 Å². The lowest BCUT2D eigenvalue weighted by molar-refractivity contribution is 0.256. The van der Waals surface area contributed by atoms with Gasteiger partial charge in [0.05, 0.1) is 0 Å². The van der Waals surface area contributed by atoms with E-state index in [-0.39, 0.29) is 0 Å². The Balaban J connectivity index is 1.56. The molecule has 4 unspecified atom stereocenters. The first kappa shape index (κ1) is 12.2. The zero-order chi connectivity index (χ0) is 12.5. The van der Waals surface area contributed by atoms with Crippen molar-refractivity contribution in [3.05, 3.63) is 11.7 Å². The Bertz CT molecular complexity index is 397. The monoisotopic (exact) mass is 249 g/mol. The lowest BCUT2D eigenvalue weighted by Gasteiger charge is -2.27. The van der Waals surface area contributed by atoms with Crippen LogP contribution in [0.2, 0.25) is 0 Å². The number of hydrogen-bond acceptors (Lipinski definition) is 4. The highest BCUT2D eigenvalue weighted by molar-refractivity contribution is 5.07. The quantitative estimate of drug-likeness (QED) is 0.890. The zero-order valence-electron chi connectivity index (χ0n) is 11.4.